The minimum absolute atomic E-state index is 0.180. The molecule has 3 rings (SSSR count). The highest BCUT2D eigenvalue weighted by atomic mass is 32.2. The van der Waals surface area contributed by atoms with Crippen LogP contribution in [0.2, 0.25) is 0 Å². The fourth-order valence-electron chi connectivity index (χ4n) is 3.01. The van der Waals surface area contributed by atoms with Gasteiger partial charge in [0.05, 0.1) is 35.1 Å². The van der Waals surface area contributed by atoms with Crippen LogP contribution in [-0.2, 0) is 21.2 Å². The van der Waals surface area contributed by atoms with Gasteiger partial charge in [0.2, 0.25) is 5.91 Å². The van der Waals surface area contributed by atoms with Gasteiger partial charge >= 0.3 is 0 Å². The molecule has 1 heterocycles. The third-order valence-electron chi connectivity index (χ3n) is 4.61. The van der Waals surface area contributed by atoms with Gasteiger partial charge in [0.15, 0.2) is 26.1 Å². The number of amides is 1. The molecule has 0 spiro atoms. The van der Waals surface area contributed by atoms with Crippen LogP contribution in [0.5, 0.6) is 11.5 Å². The maximum absolute atomic E-state index is 12.5. The first kappa shape index (κ1) is 23.4. The van der Waals surface area contributed by atoms with Gasteiger partial charge in [-0.3, -0.25) is 4.79 Å². The van der Waals surface area contributed by atoms with Crippen molar-refractivity contribution < 1.29 is 22.7 Å². The molecular formula is C21H24N2O5S3. The number of thioether (sulfide) groups is 1. The van der Waals surface area contributed by atoms with E-state index in [1.165, 1.54) is 23.5 Å². The molecule has 0 unspecified atom stereocenters. The van der Waals surface area contributed by atoms with E-state index in [1.54, 1.807) is 44.2 Å². The van der Waals surface area contributed by atoms with Gasteiger partial charge < -0.3 is 14.0 Å². The van der Waals surface area contributed by atoms with Crippen molar-refractivity contribution in [3.05, 3.63) is 47.3 Å². The Morgan fingerprint density at radius 3 is 2.45 bits per heavy atom. The number of benzene rings is 2. The topological polar surface area (TPSA) is 87.0 Å². The fourth-order valence-corrected chi connectivity index (χ4v) is 5.71. The predicted molar refractivity (Wildman–Crippen MR) is 125 cm³/mol. The molecule has 1 amide bonds. The van der Waals surface area contributed by atoms with E-state index in [-0.39, 0.29) is 17.1 Å². The SMILES string of the molecule is COc1cc2sc(=NC(=O)CCS(=O)(=O)c3ccccc3)n(CCSC)c2cc1OC. The van der Waals surface area contributed by atoms with Crippen molar-refractivity contribution in [1.29, 1.82) is 0 Å². The van der Waals surface area contributed by atoms with Crippen LogP contribution in [0.1, 0.15) is 6.42 Å². The fraction of sp³-hybridized carbons (Fsp3) is 0.333. The van der Waals surface area contributed by atoms with Crippen LogP contribution in [0.3, 0.4) is 0 Å². The van der Waals surface area contributed by atoms with Crippen molar-refractivity contribution in [2.24, 2.45) is 4.99 Å². The summed E-state index contributed by atoms with van der Waals surface area (Å²) in [6.07, 6.45) is 1.83. The van der Waals surface area contributed by atoms with Gasteiger partial charge in [-0.2, -0.15) is 16.8 Å². The summed E-state index contributed by atoms with van der Waals surface area (Å²) < 4.78 is 38.6. The summed E-state index contributed by atoms with van der Waals surface area (Å²) >= 11 is 3.05. The number of thiazole rings is 1. The molecular weight excluding hydrogens is 456 g/mol. The monoisotopic (exact) mass is 480 g/mol. The second-order valence-electron chi connectivity index (χ2n) is 6.59. The molecule has 0 saturated heterocycles. The molecule has 0 bridgehead atoms. The number of nitrogens with zero attached hydrogens (tertiary/aromatic N) is 2. The molecule has 0 atom stereocenters. The van der Waals surface area contributed by atoms with E-state index >= 15 is 0 Å². The lowest BCUT2D eigenvalue weighted by Gasteiger charge is -2.09. The van der Waals surface area contributed by atoms with Gasteiger partial charge in [-0.1, -0.05) is 29.5 Å². The quantitative estimate of drug-likeness (QED) is 0.467. The van der Waals surface area contributed by atoms with E-state index < -0.39 is 15.7 Å². The molecule has 0 N–H and O–H groups in total. The molecule has 0 fully saturated rings. The molecule has 0 saturated carbocycles. The first-order valence-electron chi connectivity index (χ1n) is 9.49. The van der Waals surface area contributed by atoms with Gasteiger partial charge in [0, 0.05) is 30.9 Å². The van der Waals surface area contributed by atoms with Crippen LogP contribution in [0.4, 0.5) is 0 Å². The number of aromatic nitrogens is 1. The van der Waals surface area contributed by atoms with Gasteiger partial charge in [-0.25, -0.2) is 8.42 Å². The van der Waals surface area contributed by atoms with Crippen molar-refractivity contribution in [2.45, 2.75) is 17.9 Å². The summed E-state index contributed by atoms with van der Waals surface area (Å²) in [6, 6.07) is 11.9. The number of aryl methyl sites for hydroxylation is 1. The average Bonchev–Trinajstić information content (AvgIpc) is 3.11. The van der Waals surface area contributed by atoms with Crippen molar-refractivity contribution >= 4 is 49.1 Å². The Balaban J connectivity index is 1.93. The molecule has 1 aromatic heterocycles. The number of methoxy groups -OCH3 is 2. The van der Waals surface area contributed by atoms with Gasteiger partial charge in [0.1, 0.15) is 0 Å². The van der Waals surface area contributed by atoms with Gasteiger partial charge in [-0.15, -0.1) is 0 Å². The number of fused-ring (bicyclic) bond motifs is 1. The Kier molecular flexibility index (Phi) is 7.79. The standard InChI is InChI=1S/C21H24N2O5S3/c1-27-17-13-16-19(14-18(17)28-2)30-21(23(16)10-11-29-3)22-20(24)9-12-31(25,26)15-7-5-4-6-8-15/h4-8,13-14H,9-12H2,1-3H3. The molecule has 0 radical (unpaired) electrons. The smallest absolute Gasteiger partial charge is 0.249 e. The number of rotatable bonds is 9. The first-order valence-corrected chi connectivity index (χ1v) is 13.4. The maximum atomic E-state index is 12.5. The van der Waals surface area contributed by atoms with Crippen LogP contribution < -0.4 is 14.3 Å². The highest BCUT2D eigenvalue weighted by molar-refractivity contribution is 7.98. The Hall–Kier alpha value is -2.30. The van der Waals surface area contributed by atoms with E-state index in [0.717, 1.165) is 16.0 Å². The zero-order chi connectivity index (χ0) is 22.4. The Bertz CT molecular complexity index is 1230. The molecule has 0 aliphatic rings. The highest BCUT2D eigenvalue weighted by Crippen LogP contribution is 2.33. The largest absolute Gasteiger partial charge is 0.493 e. The number of ether oxygens (including phenoxy) is 2. The van der Waals surface area contributed by atoms with Crippen molar-refractivity contribution in [1.82, 2.24) is 4.57 Å². The van der Waals surface area contributed by atoms with Crippen LogP contribution >= 0.6 is 23.1 Å². The summed E-state index contributed by atoms with van der Waals surface area (Å²) in [5.41, 5.74) is 0.889. The molecule has 3 aromatic rings. The molecule has 0 aliphatic carbocycles. The van der Waals surface area contributed by atoms with Crippen molar-refractivity contribution in [2.75, 3.05) is 32.0 Å². The summed E-state index contributed by atoms with van der Waals surface area (Å²) in [7, 11) is -0.391. The summed E-state index contributed by atoms with van der Waals surface area (Å²) in [6.45, 7) is 0.658. The third kappa shape index (κ3) is 5.50. The van der Waals surface area contributed by atoms with Gasteiger partial charge in [0.25, 0.3) is 0 Å². The van der Waals surface area contributed by atoms with E-state index in [4.69, 9.17) is 9.47 Å². The lowest BCUT2D eigenvalue weighted by Crippen LogP contribution is -2.19. The van der Waals surface area contributed by atoms with E-state index in [9.17, 15) is 13.2 Å². The van der Waals surface area contributed by atoms with Gasteiger partial charge in [-0.05, 0) is 18.4 Å². The molecule has 166 valence electrons. The molecule has 10 heteroatoms. The summed E-state index contributed by atoms with van der Waals surface area (Å²) in [5.74, 6) is 1.28. The average molecular weight is 481 g/mol. The van der Waals surface area contributed by atoms with E-state index in [0.29, 0.717) is 22.8 Å². The lowest BCUT2D eigenvalue weighted by molar-refractivity contribution is -0.117. The van der Waals surface area contributed by atoms with Crippen molar-refractivity contribution in [3.8, 4) is 11.5 Å². The molecule has 7 nitrogen and oxygen atoms in total. The highest BCUT2D eigenvalue weighted by Gasteiger charge is 2.17. The Labute approximate surface area is 189 Å². The summed E-state index contributed by atoms with van der Waals surface area (Å²) in [5, 5.41) is 0. The lowest BCUT2D eigenvalue weighted by atomic mass is 10.3. The Morgan fingerprint density at radius 2 is 1.81 bits per heavy atom. The number of hydrogen-bond acceptors (Lipinski definition) is 7. The van der Waals surface area contributed by atoms with Crippen LogP contribution in [-0.4, -0.2) is 50.9 Å². The minimum Gasteiger partial charge on any atom is -0.493 e. The normalized spacial score (nSPS) is 12.3. The third-order valence-corrected chi connectivity index (χ3v) is 7.98. The molecule has 2 aromatic carbocycles. The van der Waals surface area contributed by atoms with Crippen LogP contribution in [0.25, 0.3) is 10.2 Å². The van der Waals surface area contributed by atoms with E-state index in [1.807, 2.05) is 23.0 Å². The summed E-state index contributed by atoms with van der Waals surface area (Å²) in [4.78, 5) is 17.5. The molecule has 0 aliphatic heterocycles. The number of carbonyl (C=O) groups is 1. The maximum Gasteiger partial charge on any atom is 0.249 e. The number of sulfone groups is 1. The second kappa shape index (κ2) is 10.3. The first-order chi connectivity index (χ1) is 14.9. The number of hydrogen-bond donors (Lipinski definition) is 0. The predicted octanol–water partition coefficient (Wildman–Crippen LogP) is 3.37. The minimum atomic E-state index is -3.54. The Morgan fingerprint density at radius 1 is 1.13 bits per heavy atom. The zero-order valence-electron chi connectivity index (χ0n) is 17.5. The van der Waals surface area contributed by atoms with Crippen molar-refractivity contribution in [3.63, 3.8) is 0 Å². The van der Waals surface area contributed by atoms with Crippen LogP contribution in [0.15, 0.2) is 52.4 Å². The molecule has 31 heavy (non-hydrogen) atoms. The zero-order valence-corrected chi connectivity index (χ0v) is 20.0. The van der Waals surface area contributed by atoms with Crippen LogP contribution in [0, 0.1) is 0 Å². The number of carbonyl (C=O) groups excluding carboxylic acids is 1. The second-order valence-corrected chi connectivity index (χ2v) is 10.7. The van der Waals surface area contributed by atoms with E-state index in [2.05, 4.69) is 4.99 Å².